The molecule has 1 atom stereocenters. The number of ether oxygens (including phenoxy) is 3. The minimum absolute atomic E-state index is 0.0743. The van der Waals surface area contributed by atoms with Gasteiger partial charge in [-0.25, -0.2) is 0 Å². The lowest BCUT2D eigenvalue weighted by Crippen LogP contribution is -2.30. The van der Waals surface area contributed by atoms with Crippen molar-refractivity contribution >= 4 is 17.9 Å². The molecule has 0 fully saturated rings. The van der Waals surface area contributed by atoms with Gasteiger partial charge in [-0.2, -0.15) is 0 Å². The Morgan fingerprint density at radius 1 is 0.241 bits per heavy atom. The standard InChI is InChI=1S/C77H140O6/c1-4-7-10-13-16-19-22-25-28-31-33-35-36-37-38-39-40-42-43-46-49-52-55-58-61-64-67-70-76(79)82-73-74(72-81-75(78)69-66-63-60-57-54-51-48-45-30-27-24-21-18-15-12-9-6-3)83-77(80)71-68-65-62-59-56-53-50-47-44-41-34-32-29-26-23-20-17-14-11-8-5-2/h18,21-22,25,27,30-34,74H,4-17,19-20,23-24,26,28-29,35-73H2,1-3H3/b21-18-,25-22-,30-27-,33-31-,34-32-. The first-order chi connectivity index (χ1) is 41.0. The molecular weight excluding hydrogens is 1020 g/mol. The summed E-state index contributed by atoms with van der Waals surface area (Å²) in [4.78, 5) is 38.5. The lowest BCUT2D eigenvalue weighted by atomic mass is 10.0. The summed E-state index contributed by atoms with van der Waals surface area (Å²) < 4.78 is 17.0. The van der Waals surface area contributed by atoms with Gasteiger partial charge in [0.1, 0.15) is 13.2 Å². The van der Waals surface area contributed by atoms with Crippen molar-refractivity contribution in [1.29, 1.82) is 0 Å². The Morgan fingerprint density at radius 2 is 0.434 bits per heavy atom. The average Bonchev–Trinajstić information content (AvgIpc) is 3.50. The molecule has 1 unspecified atom stereocenters. The van der Waals surface area contributed by atoms with E-state index in [2.05, 4.69) is 81.5 Å². The van der Waals surface area contributed by atoms with Crippen LogP contribution in [0.25, 0.3) is 0 Å². The van der Waals surface area contributed by atoms with E-state index in [1.165, 1.54) is 276 Å². The van der Waals surface area contributed by atoms with Crippen molar-refractivity contribution in [2.45, 2.75) is 399 Å². The van der Waals surface area contributed by atoms with Gasteiger partial charge in [-0.1, -0.05) is 326 Å². The lowest BCUT2D eigenvalue weighted by Gasteiger charge is -2.18. The van der Waals surface area contributed by atoms with Gasteiger partial charge in [0, 0.05) is 19.3 Å². The first-order valence-corrected chi connectivity index (χ1v) is 36.8. The highest BCUT2D eigenvalue weighted by atomic mass is 16.6. The molecule has 83 heavy (non-hydrogen) atoms. The van der Waals surface area contributed by atoms with Crippen LogP contribution in [0.5, 0.6) is 0 Å². The number of unbranched alkanes of at least 4 members (excludes halogenated alkanes) is 47. The van der Waals surface area contributed by atoms with E-state index in [4.69, 9.17) is 14.2 Å². The summed E-state index contributed by atoms with van der Waals surface area (Å²) in [7, 11) is 0. The van der Waals surface area contributed by atoms with Gasteiger partial charge in [-0.3, -0.25) is 14.4 Å². The zero-order valence-corrected chi connectivity index (χ0v) is 55.7. The van der Waals surface area contributed by atoms with Crippen molar-refractivity contribution < 1.29 is 28.6 Å². The molecule has 0 aliphatic heterocycles. The molecule has 0 saturated heterocycles. The molecule has 0 saturated carbocycles. The largest absolute Gasteiger partial charge is 0.462 e. The van der Waals surface area contributed by atoms with Crippen molar-refractivity contribution in [1.82, 2.24) is 0 Å². The zero-order valence-electron chi connectivity index (χ0n) is 55.7. The predicted octanol–water partition coefficient (Wildman–Crippen LogP) is 25.5. The van der Waals surface area contributed by atoms with Gasteiger partial charge in [0.15, 0.2) is 6.10 Å². The molecule has 0 aromatic carbocycles. The number of hydrogen-bond donors (Lipinski definition) is 0. The van der Waals surface area contributed by atoms with Crippen LogP contribution in [0.15, 0.2) is 60.8 Å². The fraction of sp³-hybridized carbons (Fsp3) is 0.831. The molecular formula is C77H140O6. The van der Waals surface area contributed by atoms with E-state index in [0.717, 1.165) is 77.0 Å². The van der Waals surface area contributed by atoms with Crippen molar-refractivity contribution in [2.24, 2.45) is 0 Å². The summed E-state index contributed by atoms with van der Waals surface area (Å²) >= 11 is 0. The third-order valence-electron chi connectivity index (χ3n) is 16.5. The molecule has 0 amide bonds. The summed E-state index contributed by atoms with van der Waals surface area (Å²) in [5.41, 5.74) is 0. The Kier molecular flexibility index (Phi) is 69.1. The van der Waals surface area contributed by atoms with E-state index < -0.39 is 6.10 Å². The van der Waals surface area contributed by atoms with E-state index in [0.29, 0.717) is 19.3 Å². The van der Waals surface area contributed by atoms with Gasteiger partial charge in [0.05, 0.1) is 0 Å². The monoisotopic (exact) mass is 1160 g/mol. The second kappa shape index (κ2) is 71.6. The van der Waals surface area contributed by atoms with Gasteiger partial charge in [0.2, 0.25) is 0 Å². The van der Waals surface area contributed by atoms with Crippen LogP contribution in [0.3, 0.4) is 0 Å². The van der Waals surface area contributed by atoms with Gasteiger partial charge in [-0.05, 0) is 109 Å². The SMILES string of the molecule is CCCCC/C=C\C/C=C\CCCCCCCCCC(=O)OCC(COC(=O)CCCCCCCCCCCCCCCCC/C=C\C/C=C\CCCCCCC)OC(=O)CCCCCCCCCCC/C=C\CCCCCCCCCC. The smallest absolute Gasteiger partial charge is 0.306 e. The van der Waals surface area contributed by atoms with Crippen LogP contribution < -0.4 is 0 Å². The Bertz CT molecular complexity index is 1470. The third kappa shape index (κ3) is 69.8. The second-order valence-corrected chi connectivity index (χ2v) is 24.8. The number of allylic oxidation sites excluding steroid dienone is 10. The van der Waals surface area contributed by atoms with E-state index in [1.54, 1.807) is 0 Å². The van der Waals surface area contributed by atoms with Crippen molar-refractivity contribution in [3.63, 3.8) is 0 Å². The Labute approximate surface area is 517 Å². The lowest BCUT2D eigenvalue weighted by molar-refractivity contribution is -0.167. The van der Waals surface area contributed by atoms with Crippen molar-refractivity contribution in [2.75, 3.05) is 13.2 Å². The van der Waals surface area contributed by atoms with E-state index in [9.17, 15) is 14.4 Å². The summed E-state index contributed by atoms with van der Waals surface area (Å²) in [6.45, 7) is 6.66. The van der Waals surface area contributed by atoms with Crippen LogP contribution in [0.2, 0.25) is 0 Å². The maximum atomic E-state index is 13.0. The molecule has 484 valence electrons. The Morgan fingerprint density at radius 3 is 0.699 bits per heavy atom. The number of rotatable bonds is 68. The van der Waals surface area contributed by atoms with Gasteiger partial charge < -0.3 is 14.2 Å². The van der Waals surface area contributed by atoms with Crippen molar-refractivity contribution in [3.05, 3.63) is 60.8 Å². The maximum Gasteiger partial charge on any atom is 0.306 e. The van der Waals surface area contributed by atoms with Crippen LogP contribution in [0.1, 0.15) is 393 Å². The molecule has 6 heteroatoms. The average molecular weight is 1160 g/mol. The summed E-state index contributed by atoms with van der Waals surface area (Å²) in [5.74, 6) is -0.859. The van der Waals surface area contributed by atoms with Crippen LogP contribution in [0.4, 0.5) is 0 Å². The first kappa shape index (κ1) is 80.1. The summed E-state index contributed by atoms with van der Waals surface area (Å²) in [6, 6.07) is 0. The number of hydrogen-bond acceptors (Lipinski definition) is 6. The molecule has 0 aromatic heterocycles. The Balaban J connectivity index is 4.30. The fourth-order valence-electron chi connectivity index (χ4n) is 10.9. The molecule has 6 nitrogen and oxygen atoms in total. The molecule has 0 N–H and O–H groups in total. The second-order valence-electron chi connectivity index (χ2n) is 24.8. The molecule has 0 radical (unpaired) electrons. The van der Waals surface area contributed by atoms with Crippen LogP contribution >= 0.6 is 0 Å². The molecule has 0 rings (SSSR count). The minimum Gasteiger partial charge on any atom is -0.462 e. The van der Waals surface area contributed by atoms with Crippen LogP contribution in [-0.4, -0.2) is 37.2 Å². The highest BCUT2D eigenvalue weighted by molar-refractivity contribution is 5.71. The zero-order chi connectivity index (χ0) is 59.9. The minimum atomic E-state index is -0.780. The fourth-order valence-corrected chi connectivity index (χ4v) is 10.9. The quantitative estimate of drug-likeness (QED) is 0.0261. The van der Waals surface area contributed by atoms with Crippen LogP contribution in [-0.2, 0) is 28.6 Å². The van der Waals surface area contributed by atoms with E-state index >= 15 is 0 Å². The predicted molar refractivity (Wildman–Crippen MR) is 362 cm³/mol. The van der Waals surface area contributed by atoms with Crippen LogP contribution in [0, 0.1) is 0 Å². The number of carbonyl (C=O) groups is 3. The topological polar surface area (TPSA) is 78.9 Å². The van der Waals surface area contributed by atoms with Gasteiger partial charge in [-0.15, -0.1) is 0 Å². The number of esters is 3. The van der Waals surface area contributed by atoms with Gasteiger partial charge >= 0.3 is 17.9 Å². The Hall–Kier alpha value is -2.89. The normalized spacial score (nSPS) is 12.4. The third-order valence-corrected chi connectivity index (χ3v) is 16.5. The van der Waals surface area contributed by atoms with Gasteiger partial charge in [0.25, 0.3) is 0 Å². The van der Waals surface area contributed by atoms with E-state index in [-0.39, 0.29) is 31.1 Å². The molecule has 0 aromatic rings. The van der Waals surface area contributed by atoms with Crippen molar-refractivity contribution in [3.8, 4) is 0 Å². The molecule has 0 spiro atoms. The molecule has 0 aliphatic rings. The molecule has 0 heterocycles. The summed E-state index contributed by atoms with van der Waals surface area (Å²) in [5, 5.41) is 0. The molecule has 0 aliphatic carbocycles. The highest BCUT2D eigenvalue weighted by Crippen LogP contribution is 2.18. The highest BCUT2D eigenvalue weighted by Gasteiger charge is 2.19. The molecule has 0 bridgehead atoms. The maximum absolute atomic E-state index is 13.0. The summed E-state index contributed by atoms with van der Waals surface area (Å²) in [6.07, 6.45) is 92.5. The number of carbonyl (C=O) groups excluding carboxylic acids is 3. The first-order valence-electron chi connectivity index (χ1n) is 36.8. The van der Waals surface area contributed by atoms with E-state index in [1.807, 2.05) is 0 Å².